The van der Waals surface area contributed by atoms with Gasteiger partial charge in [-0.25, -0.2) is 0 Å². The largest absolute Gasteiger partial charge is 0.507 e. The fourth-order valence-corrected chi connectivity index (χ4v) is 2.16. The highest BCUT2D eigenvalue weighted by Crippen LogP contribution is 2.22. The van der Waals surface area contributed by atoms with E-state index in [1.165, 1.54) is 0 Å². The van der Waals surface area contributed by atoms with Crippen LogP contribution in [0.4, 0.5) is 0 Å². The number of hydrogen-bond acceptors (Lipinski definition) is 7. The lowest BCUT2D eigenvalue weighted by molar-refractivity contribution is -0.298. The molecular formula is C15H20O7. The van der Waals surface area contributed by atoms with Gasteiger partial charge in [0.2, 0.25) is 0 Å². The van der Waals surface area contributed by atoms with Gasteiger partial charge in [-0.1, -0.05) is 30.4 Å². The van der Waals surface area contributed by atoms with E-state index in [1.807, 2.05) is 0 Å². The van der Waals surface area contributed by atoms with Crippen molar-refractivity contribution in [2.24, 2.45) is 0 Å². The lowest BCUT2D eigenvalue weighted by Crippen LogP contribution is -2.59. The Labute approximate surface area is 127 Å². The normalized spacial score (nSPS) is 32.5. The average molecular weight is 312 g/mol. The molecule has 1 aliphatic rings. The van der Waals surface area contributed by atoms with Crippen LogP contribution in [0.1, 0.15) is 5.56 Å². The molecule has 0 radical (unpaired) electrons. The first-order chi connectivity index (χ1) is 10.5. The maximum absolute atomic E-state index is 9.78. The number of phenols is 1. The molecule has 5 atom stereocenters. The number of hydrogen-bond donors (Lipinski definition) is 5. The summed E-state index contributed by atoms with van der Waals surface area (Å²) in [7, 11) is 0. The van der Waals surface area contributed by atoms with Crippen molar-refractivity contribution in [2.45, 2.75) is 30.7 Å². The molecule has 0 saturated carbocycles. The Morgan fingerprint density at radius 3 is 2.50 bits per heavy atom. The SMILES string of the molecule is OC[C@H]1O[C@H](OCC=Cc2ccccc2O)[C@H](O)[C@@H](O)[C@@H]1O. The number of para-hydroxylation sites is 1. The first kappa shape index (κ1) is 16.9. The molecule has 122 valence electrons. The molecule has 0 bridgehead atoms. The van der Waals surface area contributed by atoms with Crippen molar-refractivity contribution in [1.82, 2.24) is 0 Å². The van der Waals surface area contributed by atoms with Crippen molar-refractivity contribution in [3.63, 3.8) is 0 Å². The molecule has 1 fully saturated rings. The van der Waals surface area contributed by atoms with E-state index < -0.39 is 37.3 Å². The predicted octanol–water partition coefficient (Wildman–Crippen LogP) is -0.778. The minimum absolute atomic E-state index is 0.0526. The van der Waals surface area contributed by atoms with Gasteiger partial charge in [-0.3, -0.25) is 0 Å². The molecule has 0 spiro atoms. The van der Waals surface area contributed by atoms with Crippen LogP contribution in [0.3, 0.4) is 0 Å². The van der Waals surface area contributed by atoms with E-state index in [9.17, 15) is 20.4 Å². The Bertz CT molecular complexity index is 502. The zero-order valence-corrected chi connectivity index (χ0v) is 11.8. The summed E-state index contributed by atoms with van der Waals surface area (Å²) in [5, 5.41) is 47.7. The van der Waals surface area contributed by atoms with Crippen LogP contribution in [0, 0.1) is 0 Å². The van der Waals surface area contributed by atoms with Crippen LogP contribution < -0.4 is 0 Å². The first-order valence-corrected chi connectivity index (χ1v) is 6.91. The lowest BCUT2D eigenvalue weighted by Gasteiger charge is -2.39. The summed E-state index contributed by atoms with van der Waals surface area (Å²) in [5.74, 6) is 0.131. The topological polar surface area (TPSA) is 120 Å². The molecule has 7 nitrogen and oxygen atoms in total. The lowest BCUT2D eigenvalue weighted by atomic mass is 9.99. The van der Waals surface area contributed by atoms with Gasteiger partial charge in [-0.15, -0.1) is 0 Å². The van der Waals surface area contributed by atoms with Gasteiger partial charge in [-0.2, -0.15) is 0 Å². The second kappa shape index (κ2) is 7.68. The second-order valence-corrected chi connectivity index (χ2v) is 4.99. The molecule has 2 rings (SSSR count). The van der Waals surface area contributed by atoms with Crippen molar-refractivity contribution >= 4 is 6.08 Å². The summed E-state index contributed by atoms with van der Waals surface area (Å²) in [6, 6.07) is 6.76. The third-order valence-electron chi connectivity index (χ3n) is 3.44. The minimum Gasteiger partial charge on any atom is -0.507 e. The summed E-state index contributed by atoms with van der Waals surface area (Å²) >= 11 is 0. The summed E-state index contributed by atoms with van der Waals surface area (Å²) in [6.45, 7) is -0.449. The number of phenolic OH excluding ortho intramolecular Hbond substituents is 1. The maximum atomic E-state index is 9.78. The molecule has 22 heavy (non-hydrogen) atoms. The Morgan fingerprint density at radius 2 is 1.82 bits per heavy atom. The highest BCUT2D eigenvalue weighted by molar-refractivity contribution is 5.56. The highest BCUT2D eigenvalue weighted by atomic mass is 16.7. The predicted molar refractivity (Wildman–Crippen MR) is 76.9 cm³/mol. The van der Waals surface area contributed by atoms with Crippen molar-refractivity contribution in [3.8, 4) is 5.75 Å². The summed E-state index contributed by atoms with van der Waals surface area (Å²) < 4.78 is 10.5. The molecule has 0 aromatic heterocycles. The molecule has 1 saturated heterocycles. The number of aliphatic hydroxyl groups excluding tert-OH is 4. The van der Waals surface area contributed by atoms with Crippen LogP contribution in [-0.2, 0) is 9.47 Å². The minimum atomic E-state index is -1.46. The van der Waals surface area contributed by atoms with E-state index in [1.54, 1.807) is 36.4 Å². The van der Waals surface area contributed by atoms with Crippen LogP contribution >= 0.6 is 0 Å². The molecule has 5 N–H and O–H groups in total. The average Bonchev–Trinajstić information content (AvgIpc) is 2.52. The van der Waals surface area contributed by atoms with E-state index in [0.717, 1.165) is 0 Å². The number of aliphatic hydroxyl groups is 4. The molecule has 7 heteroatoms. The van der Waals surface area contributed by atoms with E-state index in [4.69, 9.17) is 14.6 Å². The van der Waals surface area contributed by atoms with E-state index in [2.05, 4.69) is 0 Å². The fraction of sp³-hybridized carbons (Fsp3) is 0.467. The van der Waals surface area contributed by atoms with E-state index >= 15 is 0 Å². The second-order valence-electron chi connectivity index (χ2n) is 4.99. The zero-order chi connectivity index (χ0) is 16.1. The molecule has 1 aliphatic heterocycles. The Hall–Kier alpha value is -1.48. The monoisotopic (exact) mass is 312 g/mol. The Morgan fingerprint density at radius 1 is 1.09 bits per heavy atom. The van der Waals surface area contributed by atoms with Crippen LogP contribution in [0.5, 0.6) is 5.75 Å². The van der Waals surface area contributed by atoms with Crippen LogP contribution in [0.25, 0.3) is 6.08 Å². The maximum Gasteiger partial charge on any atom is 0.187 e. The van der Waals surface area contributed by atoms with Gasteiger partial charge in [0.1, 0.15) is 30.2 Å². The summed E-state index contributed by atoms with van der Waals surface area (Å²) in [4.78, 5) is 0. The van der Waals surface area contributed by atoms with Gasteiger partial charge in [0.15, 0.2) is 6.29 Å². The molecular weight excluding hydrogens is 292 g/mol. The number of aromatic hydroxyl groups is 1. The number of ether oxygens (including phenoxy) is 2. The van der Waals surface area contributed by atoms with Gasteiger partial charge in [0.25, 0.3) is 0 Å². The summed E-state index contributed by atoms with van der Waals surface area (Å²) in [5.41, 5.74) is 0.611. The summed E-state index contributed by atoms with van der Waals surface area (Å²) in [6.07, 6.45) is -3.20. The molecule has 1 aromatic rings. The Balaban J connectivity index is 1.89. The molecule has 0 unspecified atom stereocenters. The fourth-order valence-electron chi connectivity index (χ4n) is 2.16. The Kier molecular flexibility index (Phi) is 5.90. The standard InChI is InChI=1S/C15H20O7/c16-8-11-12(18)13(19)14(20)15(22-11)21-7-3-5-9-4-1-2-6-10(9)17/h1-6,11-20H,7-8H2/t11-,12-,13+,14-,15+/m1/s1. The first-order valence-electron chi connectivity index (χ1n) is 6.91. The van der Waals surface area contributed by atoms with Gasteiger partial charge >= 0.3 is 0 Å². The smallest absolute Gasteiger partial charge is 0.187 e. The quantitative estimate of drug-likeness (QED) is 0.484. The molecule has 0 aliphatic carbocycles. The van der Waals surface area contributed by atoms with E-state index in [-0.39, 0.29) is 12.4 Å². The van der Waals surface area contributed by atoms with Gasteiger partial charge < -0.3 is 35.0 Å². The van der Waals surface area contributed by atoms with Crippen LogP contribution in [0.15, 0.2) is 30.3 Å². The van der Waals surface area contributed by atoms with Crippen molar-refractivity contribution in [3.05, 3.63) is 35.9 Å². The third kappa shape index (κ3) is 3.83. The number of benzene rings is 1. The van der Waals surface area contributed by atoms with Crippen molar-refractivity contribution < 1.29 is 35.0 Å². The zero-order valence-electron chi connectivity index (χ0n) is 11.8. The van der Waals surface area contributed by atoms with Crippen LogP contribution in [-0.4, -0.2) is 69.5 Å². The third-order valence-corrected chi connectivity index (χ3v) is 3.44. The molecule has 1 aromatic carbocycles. The van der Waals surface area contributed by atoms with Gasteiger partial charge in [-0.05, 0) is 6.07 Å². The van der Waals surface area contributed by atoms with E-state index in [0.29, 0.717) is 5.56 Å². The number of rotatable bonds is 5. The molecule has 0 amide bonds. The van der Waals surface area contributed by atoms with Gasteiger partial charge in [0, 0.05) is 5.56 Å². The highest BCUT2D eigenvalue weighted by Gasteiger charge is 2.43. The van der Waals surface area contributed by atoms with Crippen LogP contribution in [0.2, 0.25) is 0 Å². The molecule has 1 heterocycles. The van der Waals surface area contributed by atoms with Crippen molar-refractivity contribution in [2.75, 3.05) is 13.2 Å². The van der Waals surface area contributed by atoms with Gasteiger partial charge in [0.05, 0.1) is 13.2 Å². The van der Waals surface area contributed by atoms with Crippen molar-refractivity contribution in [1.29, 1.82) is 0 Å².